The molecule has 0 aromatic heterocycles. The van der Waals surface area contributed by atoms with Gasteiger partial charge < -0.3 is 24.8 Å². The van der Waals surface area contributed by atoms with Crippen LogP contribution in [0, 0.1) is 6.92 Å². The van der Waals surface area contributed by atoms with Gasteiger partial charge in [-0.25, -0.2) is 6.07 Å². The maximum absolute atomic E-state index is 2.22. The summed E-state index contributed by atoms with van der Waals surface area (Å²) in [6, 6.07) is 6.55. The van der Waals surface area contributed by atoms with E-state index in [1.54, 1.807) is 0 Å². The zero-order chi connectivity index (χ0) is 5.98. The molecule has 0 unspecified atom stereocenters. The van der Waals surface area contributed by atoms with Gasteiger partial charge in [0.05, 0.1) is 0 Å². The van der Waals surface area contributed by atoms with Gasteiger partial charge in [-0.2, -0.15) is 23.3 Å². The van der Waals surface area contributed by atoms with Gasteiger partial charge in [-0.15, -0.1) is 0 Å². The maximum Gasteiger partial charge on any atom is 3.00 e. The summed E-state index contributed by atoms with van der Waals surface area (Å²) in [5.74, 6) is 0. The number of rotatable bonds is 1. The molecule has 0 bridgehead atoms. The molecule has 3 heteroatoms. The number of hydrogen-bond donors (Lipinski definition) is 0. The SMILES string of the molecule is CCc1cc[c-](C)c1.[Cl-].[Cl-].[Ti+3]. The van der Waals surface area contributed by atoms with E-state index in [1.165, 1.54) is 11.1 Å². The molecule has 0 saturated heterocycles. The van der Waals surface area contributed by atoms with Crippen molar-refractivity contribution >= 4 is 0 Å². The van der Waals surface area contributed by atoms with Crippen molar-refractivity contribution in [3.63, 3.8) is 0 Å². The molecule has 0 spiro atoms. The Morgan fingerprint density at radius 2 is 1.91 bits per heavy atom. The molecule has 11 heavy (non-hydrogen) atoms. The number of hydrogen-bond acceptors (Lipinski definition) is 0. The molecule has 0 amide bonds. The van der Waals surface area contributed by atoms with Crippen molar-refractivity contribution in [2.45, 2.75) is 20.3 Å². The largest absolute Gasteiger partial charge is 3.00 e. The first kappa shape index (κ1) is 17.7. The van der Waals surface area contributed by atoms with E-state index in [1.807, 2.05) is 0 Å². The number of aryl methyl sites for hydroxylation is 2. The summed E-state index contributed by atoms with van der Waals surface area (Å²) in [7, 11) is 0. The second-order valence-electron chi connectivity index (χ2n) is 2.15. The van der Waals surface area contributed by atoms with Crippen molar-refractivity contribution in [1.82, 2.24) is 0 Å². The van der Waals surface area contributed by atoms with Crippen LogP contribution in [-0.2, 0) is 28.1 Å². The van der Waals surface area contributed by atoms with E-state index in [9.17, 15) is 0 Å². The second kappa shape index (κ2) is 8.74. The third-order valence-corrected chi connectivity index (χ3v) is 1.38. The molecule has 0 saturated carbocycles. The van der Waals surface area contributed by atoms with Crippen LogP contribution >= 0.6 is 0 Å². The van der Waals surface area contributed by atoms with Gasteiger partial charge in [-0.3, -0.25) is 0 Å². The van der Waals surface area contributed by atoms with E-state index in [4.69, 9.17) is 0 Å². The van der Waals surface area contributed by atoms with Crippen LogP contribution in [0.5, 0.6) is 0 Å². The van der Waals surface area contributed by atoms with E-state index in [0.29, 0.717) is 0 Å². The Bertz CT molecular complexity index is 172. The quantitative estimate of drug-likeness (QED) is 0.341. The Morgan fingerprint density at radius 3 is 2.09 bits per heavy atom. The van der Waals surface area contributed by atoms with Crippen LogP contribution in [-0.4, -0.2) is 0 Å². The molecule has 61 valence electrons. The first-order valence-electron chi connectivity index (χ1n) is 3.05. The van der Waals surface area contributed by atoms with Gasteiger partial charge in [0.25, 0.3) is 0 Å². The smallest absolute Gasteiger partial charge is 1.00 e. The van der Waals surface area contributed by atoms with Crippen molar-refractivity contribution in [3.8, 4) is 0 Å². The summed E-state index contributed by atoms with van der Waals surface area (Å²) in [6.45, 7) is 4.30. The Kier molecular flexibility index (Phi) is 14.0. The van der Waals surface area contributed by atoms with Crippen molar-refractivity contribution in [2.24, 2.45) is 0 Å². The molecule has 1 aromatic carbocycles. The Balaban J connectivity index is -0.000000213. The van der Waals surface area contributed by atoms with Gasteiger partial charge in [0.15, 0.2) is 0 Å². The third kappa shape index (κ3) is 5.87. The van der Waals surface area contributed by atoms with E-state index >= 15 is 0 Å². The van der Waals surface area contributed by atoms with Crippen LogP contribution in [0.3, 0.4) is 0 Å². The van der Waals surface area contributed by atoms with Gasteiger partial charge in [-0.05, 0) is 0 Å². The molecule has 0 N–H and O–H groups in total. The van der Waals surface area contributed by atoms with Crippen LogP contribution in [0.25, 0.3) is 0 Å². The van der Waals surface area contributed by atoms with Crippen molar-refractivity contribution in [1.29, 1.82) is 0 Å². The normalized spacial score (nSPS) is 7.09. The minimum atomic E-state index is 0. The van der Waals surface area contributed by atoms with E-state index in [2.05, 4.69) is 32.0 Å². The summed E-state index contributed by atoms with van der Waals surface area (Å²) >= 11 is 0. The van der Waals surface area contributed by atoms with Gasteiger partial charge in [0.2, 0.25) is 0 Å². The molecule has 1 radical (unpaired) electrons. The van der Waals surface area contributed by atoms with E-state index < -0.39 is 0 Å². The van der Waals surface area contributed by atoms with Crippen LogP contribution in [0.2, 0.25) is 0 Å². The predicted octanol–water partition coefficient (Wildman–Crippen LogP) is -3.72. The second-order valence-corrected chi connectivity index (χ2v) is 2.15. The molecule has 0 aliphatic heterocycles. The molecule has 0 nitrogen and oxygen atoms in total. The molecule has 0 heterocycles. The summed E-state index contributed by atoms with van der Waals surface area (Å²) in [4.78, 5) is 0. The summed E-state index contributed by atoms with van der Waals surface area (Å²) in [6.07, 6.45) is 1.16. The Labute approximate surface area is 95.8 Å². The number of halogens is 2. The van der Waals surface area contributed by atoms with Gasteiger partial charge in [0.1, 0.15) is 0 Å². The third-order valence-electron chi connectivity index (χ3n) is 1.38. The Morgan fingerprint density at radius 1 is 1.36 bits per heavy atom. The molecular formula is C8H11Cl2Ti. The van der Waals surface area contributed by atoms with Gasteiger partial charge >= 0.3 is 21.7 Å². The first-order chi connectivity index (χ1) is 3.83. The molecular weight excluding hydrogens is 215 g/mol. The minimum absolute atomic E-state index is 0. The fraction of sp³-hybridized carbons (Fsp3) is 0.375. The van der Waals surface area contributed by atoms with E-state index in [-0.39, 0.29) is 46.5 Å². The topological polar surface area (TPSA) is 0 Å². The standard InChI is InChI=1S/C8H11.2ClH.Ti/c1-3-8-5-4-7(2)6-8;;;/h4-6H,3H2,1-2H3;2*1H;/q-1;;;+3/p-2. The molecule has 0 aliphatic rings. The summed E-state index contributed by atoms with van der Waals surface area (Å²) < 4.78 is 0. The predicted molar refractivity (Wildman–Crippen MR) is 36.1 cm³/mol. The van der Waals surface area contributed by atoms with Crippen LogP contribution in [0.4, 0.5) is 0 Å². The van der Waals surface area contributed by atoms with Crippen LogP contribution in [0.1, 0.15) is 18.1 Å². The fourth-order valence-corrected chi connectivity index (χ4v) is 0.847. The average Bonchev–Trinajstić information content (AvgIpc) is 2.14. The molecule has 0 fully saturated rings. The minimum Gasteiger partial charge on any atom is -1.00 e. The van der Waals surface area contributed by atoms with Crippen molar-refractivity contribution in [3.05, 3.63) is 29.3 Å². The zero-order valence-corrected chi connectivity index (χ0v) is 9.77. The zero-order valence-electron chi connectivity index (χ0n) is 6.70. The van der Waals surface area contributed by atoms with Crippen molar-refractivity contribution < 1.29 is 46.5 Å². The van der Waals surface area contributed by atoms with E-state index in [0.717, 1.165) is 6.42 Å². The molecule has 0 aliphatic carbocycles. The molecule has 0 atom stereocenters. The monoisotopic (exact) mass is 225 g/mol. The summed E-state index contributed by atoms with van der Waals surface area (Å²) in [5.41, 5.74) is 2.82. The molecule has 1 rings (SSSR count). The fourth-order valence-electron chi connectivity index (χ4n) is 0.847. The van der Waals surface area contributed by atoms with Gasteiger partial charge in [0, 0.05) is 0 Å². The van der Waals surface area contributed by atoms with Gasteiger partial charge in [-0.1, -0.05) is 20.3 Å². The summed E-state index contributed by atoms with van der Waals surface area (Å²) in [5, 5.41) is 0. The molecule has 1 aromatic rings. The first-order valence-corrected chi connectivity index (χ1v) is 3.05. The van der Waals surface area contributed by atoms with Crippen LogP contribution < -0.4 is 24.8 Å². The maximum atomic E-state index is 2.22. The Hall–Kier alpha value is 0.644. The van der Waals surface area contributed by atoms with Crippen molar-refractivity contribution in [2.75, 3.05) is 0 Å². The van der Waals surface area contributed by atoms with Crippen LogP contribution in [0.15, 0.2) is 18.2 Å². The average molecular weight is 226 g/mol.